The highest BCUT2D eigenvalue weighted by molar-refractivity contribution is 6.95. The van der Waals surface area contributed by atoms with Crippen LogP contribution in [-0.2, 0) is 0 Å². The van der Waals surface area contributed by atoms with E-state index in [1.54, 1.807) is 0 Å². The number of ether oxygens (including phenoxy) is 1. The summed E-state index contributed by atoms with van der Waals surface area (Å²) in [5.41, 5.74) is -1.75. The van der Waals surface area contributed by atoms with E-state index in [1.807, 2.05) is 0 Å². The molecule has 0 N–H and O–H groups in total. The van der Waals surface area contributed by atoms with Gasteiger partial charge in [0.25, 0.3) is 0 Å². The molecule has 174 valence electrons. The van der Waals surface area contributed by atoms with Gasteiger partial charge in [0.1, 0.15) is 34.9 Å². The summed E-state index contributed by atoms with van der Waals surface area (Å²) in [6, 6.07) is 0.208. The van der Waals surface area contributed by atoms with E-state index in [9.17, 15) is 30.7 Å². The molecule has 0 bridgehead atoms. The Labute approximate surface area is 184 Å². The van der Waals surface area contributed by atoms with Gasteiger partial charge in [-0.1, -0.05) is 0 Å². The first-order valence-electron chi connectivity index (χ1n) is 9.02. The highest BCUT2D eigenvalue weighted by Gasteiger charge is 2.44. The van der Waals surface area contributed by atoms with E-state index >= 15 is 13.2 Å². The lowest BCUT2D eigenvalue weighted by Crippen LogP contribution is -2.59. The summed E-state index contributed by atoms with van der Waals surface area (Å²) in [5, 5.41) is 0. The van der Waals surface area contributed by atoms with Gasteiger partial charge in [-0.05, 0) is 27.1 Å². The molecule has 0 aliphatic heterocycles. The van der Waals surface area contributed by atoms with Crippen LogP contribution in [0.1, 0.15) is 11.1 Å². The molecule has 0 aliphatic rings. The second-order valence-electron chi connectivity index (χ2n) is 7.02. The fraction of sp³-hybridized carbons (Fsp3) is 0.143. The zero-order chi connectivity index (χ0) is 24.9. The highest BCUT2D eigenvalue weighted by atomic mass is 27.2. The Morgan fingerprint density at radius 2 is 0.939 bits per heavy atom. The first-order chi connectivity index (χ1) is 15.3. The van der Waals surface area contributed by atoms with Gasteiger partial charge >= 0.3 is 14.1 Å². The lowest BCUT2D eigenvalue weighted by Gasteiger charge is -2.21. The highest BCUT2D eigenvalue weighted by Crippen LogP contribution is 2.26. The zero-order valence-corrected chi connectivity index (χ0v) is 18.1. The standard InChI is InChI=1S/C7H3F4O.2C7H4F3.Al/c1-12-7-4(9)2-3(8)5(10)6(7)11;2*1-4-6(9)2-5(8)3-7(4)10;/h1H3;2*2H,1H3;. The third kappa shape index (κ3) is 3.85. The van der Waals surface area contributed by atoms with Crippen molar-refractivity contribution in [1.29, 1.82) is 0 Å². The molecule has 0 saturated heterocycles. The molecule has 0 aromatic heterocycles. The van der Waals surface area contributed by atoms with Crippen LogP contribution in [0.3, 0.4) is 0 Å². The van der Waals surface area contributed by atoms with E-state index in [2.05, 4.69) is 4.74 Å². The summed E-state index contributed by atoms with van der Waals surface area (Å²) in [4.78, 5) is 0. The first kappa shape index (κ1) is 24.9. The second-order valence-corrected chi connectivity index (χ2v) is 9.62. The molecule has 1 nitrogen and oxygen atoms in total. The molecule has 0 radical (unpaired) electrons. The Bertz CT molecular complexity index is 1230. The van der Waals surface area contributed by atoms with Gasteiger partial charge in [-0.15, -0.1) is 0 Å². The average Bonchev–Trinajstić information content (AvgIpc) is 2.74. The maximum Gasteiger partial charge on any atom is 0.412 e. The number of methoxy groups -OCH3 is 1. The van der Waals surface area contributed by atoms with Crippen molar-refractivity contribution in [3.05, 3.63) is 81.4 Å². The van der Waals surface area contributed by atoms with E-state index in [0.29, 0.717) is 7.11 Å². The van der Waals surface area contributed by atoms with Gasteiger partial charge in [-0.25, -0.2) is 39.5 Å². The number of rotatable bonds is 4. The molecule has 0 atom stereocenters. The Morgan fingerprint density at radius 3 is 1.33 bits per heavy atom. The van der Waals surface area contributed by atoms with Crippen molar-refractivity contribution in [1.82, 2.24) is 0 Å². The predicted octanol–water partition coefficient (Wildman–Crippen LogP) is 4.22. The van der Waals surface area contributed by atoms with E-state index < -0.39 is 102 Å². The van der Waals surface area contributed by atoms with Crippen LogP contribution >= 0.6 is 0 Å². The summed E-state index contributed by atoms with van der Waals surface area (Å²) in [5.74, 6) is -20.3. The molecule has 12 heteroatoms. The zero-order valence-electron chi connectivity index (χ0n) is 16.9. The minimum absolute atomic E-state index is 0.104. The van der Waals surface area contributed by atoms with Crippen LogP contribution in [0.15, 0.2) is 12.1 Å². The second kappa shape index (κ2) is 8.91. The van der Waals surface area contributed by atoms with Crippen LogP contribution in [0.25, 0.3) is 0 Å². The average molecular weight is 496 g/mol. The molecule has 3 aromatic carbocycles. The van der Waals surface area contributed by atoms with Crippen molar-refractivity contribution in [2.24, 2.45) is 0 Å². The monoisotopic (exact) mass is 496 g/mol. The number of halogens is 10. The minimum atomic E-state index is -4.80. The normalized spacial score (nSPS) is 11.2. The van der Waals surface area contributed by atoms with Gasteiger partial charge < -0.3 is 4.74 Å². The lowest BCUT2D eigenvalue weighted by molar-refractivity contribution is 0.338. The van der Waals surface area contributed by atoms with E-state index in [4.69, 9.17) is 0 Å². The largest absolute Gasteiger partial charge is 0.491 e. The summed E-state index contributed by atoms with van der Waals surface area (Å²) in [6.45, 7) is 1.61. The molecule has 33 heavy (non-hydrogen) atoms. The third-order valence-corrected chi connectivity index (χ3v) is 8.49. The Morgan fingerprint density at radius 1 is 0.515 bits per heavy atom. The van der Waals surface area contributed by atoms with Gasteiger partial charge in [-0.2, -0.15) is 4.39 Å². The lowest BCUT2D eigenvalue weighted by atomic mass is 10.2. The van der Waals surface area contributed by atoms with Crippen molar-refractivity contribution < 1.29 is 48.6 Å². The van der Waals surface area contributed by atoms with Crippen LogP contribution in [0, 0.1) is 72.0 Å². The number of hydrogen-bond donors (Lipinski definition) is 0. The predicted molar refractivity (Wildman–Crippen MR) is 99.6 cm³/mol. The van der Waals surface area contributed by atoms with Crippen molar-refractivity contribution in [3.8, 4) is 5.75 Å². The van der Waals surface area contributed by atoms with Crippen LogP contribution < -0.4 is 18.0 Å². The van der Waals surface area contributed by atoms with E-state index in [0.717, 1.165) is 13.8 Å². The third-order valence-electron chi connectivity index (χ3n) is 5.20. The van der Waals surface area contributed by atoms with Crippen LogP contribution in [-0.4, -0.2) is 21.3 Å². The van der Waals surface area contributed by atoms with Crippen LogP contribution in [0.5, 0.6) is 5.75 Å². The summed E-state index contributed by atoms with van der Waals surface area (Å²) in [7, 11) is 0.658. The van der Waals surface area contributed by atoms with Gasteiger partial charge in [0.15, 0.2) is 23.2 Å². The van der Waals surface area contributed by atoms with Gasteiger partial charge in [-0.3, -0.25) is 0 Å². The van der Waals surface area contributed by atoms with Crippen LogP contribution in [0.4, 0.5) is 43.9 Å². The molecule has 0 heterocycles. The van der Waals surface area contributed by atoms with Crippen molar-refractivity contribution >= 4 is 27.4 Å². The molecular weight excluding hydrogens is 485 g/mol. The Balaban J connectivity index is 2.61. The first-order valence-corrected chi connectivity index (χ1v) is 10.8. The molecule has 0 aliphatic carbocycles. The number of benzene rings is 3. The Kier molecular flexibility index (Phi) is 6.73. The smallest absolute Gasteiger partial charge is 0.412 e. The maximum absolute atomic E-state index is 15.1. The van der Waals surface area contributed by atoms with Crippen LogP contribution in [0.2, 0.25) is 0 Å². The molecule has 0 spiro atoms. The quantitative estimate of drug-likeness (QED) is 0.228. The maximum atomic E-state index is 15.1. The molecule has 3 aromatic rings. The molecule has 0 amide bonds. The van der Waals surface area contributed by atoms with Crippen molar-refractivity contribution in [2.45, 2.75) is 13.8 Å². The summed E-state index contributed by atoms with van der Waals surface area (Å²) in [6.07, 6.45) is 0. The van der Waals surface area contributed by atoms with Gasteiger partial charge in [0, 0.05) is 23.3 Å². The fourth-order valence-corrected chi connectivity index (χ4v) is 6.73. The fourth-order valence-electron chi connectivity index (χ4n) is 3.44. The SMILES string of the molecule is COc1c(F)c(F)c(F)[c]([Al]([c]2c(F)cc(F)c(C)c2F)[c]2c(F)cc(F)c(C)c2F)c1F. The Hall–Kier alpha value is -2.71. The molecule has 3 rings (SSSR count). The molecule has 0 saturated carbocycles. The van der Waals surface area contributed by atoms with Crippen molar-refractivity contribution in [3.63, 3.8) is 0 Å². The van der Waals surface area contributed by atoms with Gasteiger partial charge in [0.2, 0.25) is 5.82 Å². The van der Waals surface area contributed by atoms with E-state index in [1.165, 1.54) is 0 Å². The molecule has 0 unspecified atom stereocenters. The molecular formula is C21H11AlF10O. The van der Waals surface area contributed by atoms with Gasteiger partial charge in [0.05, 0.1) is 7.11 Å². The summed E-state index contributed by atoms with van der Waals surface area (Å²) < 4.78 is 145. The minimum Gasteiger partial charge on any atom is -0.491 e. The van der Waals surface area contributed by atoms with E-state index in [-0.39, 0.29) is 12.1 Å². The van der Waals surface area contributed by atoms with Crippen molar-refractivity contribution in [2.75, 3.05) is 7.11 Å². The topological polar surface area (TPSA) is 9.23 Å². The summed E-state index contributed by atoms with van der Waals surface area (Å²) >= 11 is -4.80. The number of hydrogen-bond acceptors (Lipinski definition) is 1. The molecule has 0 fully saturated rings.